The number of aliphatic hydroxyl groups is 2. The van der Waals surface area contributed by atoms with Crippen LogP contribution in [-0.4, -0.2) is 41.7 Å². The maximum Gasteiger partial charge on any atom is 0.343 e. The molecule has 1 aromatic rings. The van der Waals surface area contributed by atoms with Crippen LogP contribution in [0.1, 0.15) is 25.0 Å². The number of aliphatic imine (C=N–C) groups is 1. The zero-order valence-electron chi connectivity index (χ0n) is 13.7. The third-order valence-electron chi connectivity index (χ3n) is 3.21. The molecule has 1 aromatic carbocycles. The number of carbonyl (C=O) groups is 1. The summed E-state index contributed by atoms with van der Waals surface area (Å²) in [4.78, 5) is 15.7. The first-order chi connectivity index (χ1) is 11.7. The first-order valence-electron chi connectivity index (χ1n) is 7.24. The molecule has 2 N–H and O–H groups in total. The van der Waals surface area contributed by atoms with E-state index in [9.17, 15) is 27.5 Å². The standard InChI is InChI=1S/C16H17F4NO4/c1-4-25-16(24)9(5-21-7(2)6-22)15(23)10-8(3)11(17)13(19)14(20)12(10)18/h5,7,22-23H,4,6H2,1-3H3/t7-/m0/s1. The molecule has 0 aromatic heterocycles. The number of carbonyl (C=O) groups excluding carboxylic acids is 1. The molecule has 0 bridgehead atoms. The average Bonchev–Trinajstić information content (AvgIpc) is 2.58. The van der Waals surface area contributed by atoms with Gasteiger partial charge >= 0.3 is 5.97 Å². The monoisotopic (exact) mass is 363 g/mol. The van der Waals surface area contributed by atoms with Crippen LogP contribution in [0.25, 0.3) is 5.76 Å². The summed E-state index contributed by atoms with van der Waals surface area (Å²) in [5.41, 5.74) is -2.46. The number of nitrogens with zero attached hydrogens (tertiary/aromatic N) is 1. The fourth-order valence-electron chi connectivity index (χ4n) is 1.83. The van der Waals surface area contributed by atoms with E-state index in [2.05, 4.69) is 9.73 Å². The van der Waals surface area contributed by atoms with Gasteiger partial charge in [-0.15, -0.1) is 0 Å². The van der Waals surface area contributed by atoms with E-state index >= 15 is 0 Å². The molecule has 25 heavy (non-hydrogen) atoms. The Morgan fingerprint density at radius 2 is 1.76 bits per heavy atom. The fourth-order valence-corrected chi connectivity index (χ4v) is 1.83. The van der Waals surface area contributed by atoms with Gasteiger partial charge in [0.25, 0.3) is 0 Å². The third kappa shape index (κ3) is 4.36. The van der Waals surface area contributed by atoms with Gasteiger partial charge < -0.3 is 14.9 Å². The van der Waals surface area contributed by atoms with Gasteiger partial charge in [0.15, 0.2) is 23.3 Å². The predicted octanol–water partition coefficient (Wildman–Crippen LogP) is 2.84. The van der Waals surface area contributed by atoms with E-state index < -0.39 is 57.7 Å². The summed E-state index contributed by atoms with van der Waals surface area (Å²) in [5, 5.41) is 19.1. The molecule has 5 nitrogen and oxygen atoms in total. The van der Waals surface area contributed by atoms with Crippen LogP contribution in [0.3, 0.4) is 0 Å². The van der Waals surface area contributed by atoms with Gasteiger partial charge in [0.1, 0.15) is 11.3 Å². The van der Waals surface area contributed by atoms with Crippen molar-refractivity contribution in [2.45, 2.75) is 26.8 Å². The van der Waals surface area contributed by atoms with Gasteiger partial charge in [0.2, 0.25) is 0 Å². The van der Waals surface area contributed by atoms with Crippen molar-refractivity contribution < 1.29 is 37.3 Å². The molecular weight excluding hydrogens is 346 g/mol. The smallest absolute Gasteiger partial charge is 0.343 e. The van der Waals surface area contributed by atoms with Crippen molar-refractivity contribution in [2.24, 2.45) is 4.99 Å². The molecule has 0 aliphatic carbocycles. The SMILES string of the molecule is CCOC(=O)C(C=N[C@@H](C)CO)=C(O)c1c(C)c(F)c(F)c(F)c1F. The van der Waals surface area contributed by atoms with Crippen molar-refractivity contribution in [3.63, 3.8) is 0 Å². The van der Waals surface area contributed by atoms with E-state index in [-0.39, 0.29) is 13.2 Å². The zero-order valence-corrected chi connectivity index (χ0v) is 13.7. The third-order valence-corrected chi connectivity index (χ3v) is 3.21. The number of aliphatic hydroxyl groups excluding tert-OH is 2. The molecule has 0 fully saturated rings. The Balaban J connectivity index is 3.67. The van der Waals surface area contributed by atoms with Gasteiger partial charge in [-0.1, -0.05) is 0 Å². The second-order valence-corrected chi connectivity index (χ2v) is 5.05. The molecule has 0 saturated carbocycles. The van der Waals surface area contributed by atoms with Crippen LogP contribution in [0, 0.1) is 30.2 Å². The molecule has 138 valence electrons. The van der Waals surface area contributed by atoms with Crippen molar-refractivity contribution in [3.8, 4) is 0 Å². The highest BCUT2D eigenvalue weighted by molar-refractivity contribution is 6.15. The Morgan fingerprint density at radius 1 is 1.20 bits per heavy atom. The van der Waals surface area contributed by atoms with Gasteiger partial charge in [-0.2, -0.15) is 0 Å². The second kappa shape index (κ2) is 8.61. The number of rotatable bonds is 6. The summed E-state index contributed by atoms with van der Waals surface area (Å²) in [6, 6.07) is -0.676. The molecule has 0 saturated heterocycles. The molecular formula is C16H17F4NO4. The van der Waals surface area contributed by atoms with E-state index in [1.165, 1.54) is 13.8 Å². The van der Waals surface area contributed by atoms with E-state index in [1.54, 1.807) is 0 Å². The molecule has 1 rings (SSSR count). The number of hydrogen-bond acceptors (Lipinski definition) is 5. The largest absolute Gasteiger partial charge is 0.506 e. The Bertz CT molecular complexity index is 702. The molecule has 9 heteroatoms. The minimum Gasteiger partial charge on any atom is -0.506 e. The maximum absolute atomic E-state index is 14.0. The van der Waals surface area contributed by atoms with Crippen molar-refractivity contribution >= 4 is 17.9 Å². The van der Waals surface area contributed by atoms with Crippen LogP contribution in [0.2, 0.25) is 0 Å². The summed E-state index contributed by atoms with van der Waals surface area (Å²) in [7, 11) is 0. The minimum atomic E-state index is -2.13. The lowest BCUT2D eigenvalue weighted by Gasteiger charge is -2.12. The van der Waals surface area contributed by atoms with Gasteiger partial charge in [0, 0.05) is 11.8 Å². The number of hydrogen-bond donors (Lipinski definition) is 2. The van der Waals surface area contributed by atoms with E-state index in [0.717, 1.165) is 13.1 Å². The summed E-state index contributed by atoms with van der Waals surface area (Å²) < 4.78 is 59.1. The molecule has 1 atom stereocenters. The molecule has 0 amide bonds. The molecule has 0 spiro atoms. The molecule has 0 heterocycles. The first-order valence-corrected chi connectivity index (χ1v) is 7.24. The van der Waals surface area contributed by atoms with Crippen LogP contribution in [0.5, 0.6) is 0 Å². The molecule has 0 unspecified atom stereocenters. The summed E-state index contributed by atoms with van der Waals surface area (Å²) in [6.45, 7) is 3.35. The Labute approximate surface area is 141 Å². The first kappa shape index (κ1) is 20.6. The highest BCUT2D eigenvalue weighted by Gasteiger charge is 2.28. The maximum atomic E-state index is 14.0. The van der Waals surface area contributed by atoms with Crippen LogP contribution >= 0.6 is 0 Å². The van der Waals surface area contributed by atoms with E-state index in [4.69, 9.17) is 5.11 Å². The second-order valence-electron chi connectivity index (χ2n) is 5.05. The molecule has 0 radical (unpaired) electrons. The number of esters is 1. The van der Waals surface area contributed by atoms with E-state index in [0.29, 0.717) is 0 Å². The topological polar surface area (TPSA) is 79.1 Å². The summed E-state index contributed by atoms with van der Waals surface area (Å²) in [5.74, 6) is -10.0. The van der Waals surface area contributed by atoms with Crippen molar-refractivity contribution in [1.29, 1.82) is 0 Å². The molecule has 0 aliphatic heterocycles. The van der Waals surface area contributed by atoms with Crippen LogP contribution in [0.15, 0.2) is 10.6 Å². The highest BCUT2D eigenvalue weighted by Crippen LogP contribution is 2.29. The van der Waals surface area contributed by atoms with Gasteiger partial charge in [-0.05, 0) is 20.8 Å². The lowest BCUT2D eigenvalue weighted by atomic mass is 10.0. The normalized spacial score (nSPS) is 13.8. The van der Waals surface area contributed by atoms with Gasteiger partial charge in [-0.25, -0.2) is 22.4 Å². The average molecular weight is 363 g/mol. The number of benzene rings is 1. The lowest BCUT2D eigenvalue weighted by molar-refractivity contribution is -0.137. The van der Waals surface area contributed by atoms with E-state index in [1.807, 2.05) is 0 Å². The van der Waals surface area contributed by atoms with Crippen LogP contribution < -0.4 is 0 Å². The Kier molecular flexibility index (Phi) is 7.10. The van der Waals surface area contributed by atoms with Crippen molar-refractivity contribution in [2.75, 3.05) is 13.2 Å². The Morgan fingerprint density at radius 3 is 2.28 bits per heavy atom. The number of halogens is 4. The van der Waals surface area contributed by atoms with Gasteiger partial charge in [0.05, 0.1) is 24.8 Å². The van der Waals surface area contributed by atoms with Crippen molar-refractivity contribution in [3.05, 3.63) is 40.0 Å². The van der Waals surface area contributed by atoms with Crippen LogP contribution in [-0.2, 0) is 9.53 Å². The van der Waals surface area contributed by atoms with Gasteiger partial charge in [-0.3, -0.25) is 4.99 Å². The summed E-state index contributed by atoms with van der Waals surface area (Å²) >= 11 is 0. The Hall–Kier alpha value is -2.42. The van der Waals surface area contributed by atoms with Crippen molar-refractivity contribution in [1.82, 2.24) is 0 Å². The minimum absolute atomic E-state index is 0.105. The highest BCUT2D eigenvalue weighted by atomic mass is 19.2. The zero-order chi connectivity index (χ0) is 19.3. The fraction of sp³-hybridized carbons (Fsp3) is 0.375. The van der Waals surface area contributed by atoms with Crippen LogP contribution in [0.4, 0.5) is 17.6 Å². The summed E-state index contributed by atoms with van der Waals surface area (Å²) in [6.07, 6.45) is 0.784. The number of ether oxygens (including phenoxy) is 1. The quantitative estimate of drug-likeness (QED) is 0.155. The molecule has 0 aliphatic rings. The lowest BCUT2D eigenvalue weighted by Crippen LogP contribution is -2.15. The predicted molar refractivity (Wildman–Crippen MR) is 82.2 cm³/mol.